The fourth-order valence-electron chi connectivity index (χ4n) is 2.64. The van der Waals surface area contributed by atoms with Crippen molar-refractivity contribution in [3.8, 4) is 0 Å². The quantitative estimate of drug-likeness (QED) is 0.0761. The molecule has 0 spiro atoms. The Morgan fingerprint density at radius 3 is 1.29 bits per heavy atom. The first-order valence-electron chi connectivity index (χ1n) is 13.4. The number of amides is 3. The minimum Gasteiger partial charge on any atom is -0.447 e. The van der Waals surface area contributed by atoms with Crippen molar-refractivity contribution in [3.05, 3.63) is 0 Å². The number of nitrogens with two attached hydrogens (primary N) is 1. The van der Waals surface area contributed by atoms with Crippen molar-refractivity contribution in [2.45, 2.75) is 25.7 Å². The number of carbonyl (C=O) groups is 2. The van der Waals surface area contributed by atoms with Crippen LogP contribution in [0.25, 0.3) is 0 Å². The van der Waals surface area contributed by atoms with E-state index in [1.807, 2.05) is 0 Å². The number of hydrogen-bond acceptors (Lipinski definition) is 11. The van der Waals surface area contributed by atoms with E-state index in [1.54, 1.807) is 0 Å². The topological polar surface area (TPSA) is 181 Å². The second-order valence-electron chi connectivity index (χ2n) is 7.85. The lowest BCUT2D eigenvalue weighted by molar-refractivity contribution is 0.0138. The maximum absolute atomic E-state index is 11.7. The van der Waals surface area contributed by atoms with Crippen molar-refractivity contribution in [1.29, 1.82) is 0 Å². The van der Waals surface area contributed by atoms with E-state index in [0.717, 1.165) is 12.8 Å². The second-order valence-corrected chi connectivity index (χ2v) is 7.85. The van der Waals surface area contributed by atoms with E-state index in [4.69, 9.17) is 39.3 Å². The number of alkyl carbamates (subject to hydrolysis) is 1. The third-order valence-corrected chi connectivity index (χ3v) is 4.54. The molecule has 0 rings (SSSR count). The Bertz CT molecular complexity index is 521. The number of hydrogen-bond donors (Lipinski definition) is 5. The van der Waals surface area contributed by atoms with E-state index in [0.29, 0.717) is 118 Å². The van der Waals surface area contributed by atoms with Gasteiger partial charge in [-0.05, 0) is 32.2 Å². The van der Waals surface area contributed by atoms with Crippen molar-refractivity contribution >= 4 is 12.1 Å². The molecule has 38 heavy (non-hydrogen) atoms. The molecule has 0 aromatic carbocycles. The number of aliphatic hydroxyl groups excluding tert-OH is 1. The third kappa shape index (κ3) is 30.4. The second kappa shape index (κ2) is 31.4. The number of rotatable bonds is 29. The van der Waals surface area contributed by atoms with Crippen molar-refractivity contribution in [1.82, 2.24) is 16.0 Å². The Morgan fingerprint density at radius 1 is 0.526 bits per heavy atom. The fraction of sp³-hybridized carbons (Fsp3) is 0.917. The molecule has 0 radical (unpaired) electrons. The smallest absolute Gasteiger partial charge is 0.407 e. The van der Waals surface area contributed by atoms with Crippen LogP contribution < -0.4 is 21.7 Å². The van der Waals surface area contributed by atoms with Crippen LogP contribution in [0.15, 0.2) is 0 Å². The van der Waals surface area contributed by atoms with Gasteiger partial charge in [-0.3, -0.25) is 0 Å². The van der Waals surface area contributed by atoms with Crippen molar-refractivity contribution in [3.63, 3.8) is 0 Å². The molecule has 14 nitrogen and oxygen atoms in total. The van der Waals surface area contributed by atoms with Gasteiger partial charge in [0, 0.05) is 46.1 Å². The van der Waals surface area contributed by atoms with Crippen LogP contribution in [0.4, 0.5) is 9.59 Å². The third-order valence-electron chi connectivity index (χ3n) is 4.54. The van der Waals surface area contributed by atoms with Gasteiger partial charge < -0.3 is 59.9 Å². The van der Waals surface area contributed by atoms with Gasteiger partial charge in [0.1, 0.15) is 6.61 Å². The zero-order chi connectivity index (χ0) is 27.8. The summed E-state index contributed by atoms with van der Waals surface area (Å²) in [5, 5.41) is 16.7. The van der Waals surface area contributed by atoms with Crippen LogP contribution in [-0.4, -0.2) is 136 Å². The van der Waals surface area contributed by atoms with Gasteiger partial charge in [-0.2, -0.15) is 0 Å². The number of carbonyl (C=O) groups excluding carboxylic acids is 2. The van der Waals surface area contributed by atoms with Gasteiger partial charge in [-0.15, -0.1) is 0 Å². The molecule has 0 unspecified atom stereocenters. The molecule has 0 aliphatic rings. The zero-order valence-electron chi connectivity index (χ0n) is 22.8. The van der Waals surface area contributed by atoms with Crippen LogP contribution in [-0.2, 0) is 33.2 Å². The first-order valence-corrected chi connectivity index (χ1v) is 13.4. The Hall–Kier alpha value is -1.78. The van der Waals surface area contributed by atoms with Crippen LogP contribution in [0, 0.1) is 0 Å². The molecule has 0 saturated heterocycles. The number of aliphatic hydroxyl groups is 1. The van der Waals surface area contributed by atoms with Crippen LogP contribution in [0.1, 0.15) is 25.7 Å². The highest BCUT2D eigenvalue weighted by Gasteiger charge is 2.01. The molecule has 0 aliphatic carbocycles. The summed E-state index contributed by atoms with van der Waals surface area (Å²) in [5.74, 6) is 0. The monoisotopic (exact) mass is 554 g/mol. The largest absolute Gasteiger partial charge is 0.447 e. The van der Waals surface area contributed by atoms with Crippen molar-refractivity contribution < 1.29 is 47.9 Å². The van der Waals surface area contributed by atoms with Gasteiger partial charge in [-0.1, -0.05) is 0 Å². The molecule has 0 bridgehead atoms. The van der Waals surface area contributed by atoms with E-state index in [2.05, 4.69) is 20.7 Å². The predicted octanol–water partition coefficient (Wildman–Crippen LogP) is -0.377. The lowest BCUT2D eigenvalue weighted by Gasteiger charge is -2.09. The standard InChI is InChI=1S/C24H50N4O10/c25-5-1-10-32-15-19-36-20-16-33-11-2-6-26-23(30)27-7-3-12-34-17-21-37-22-18-35-13-4-8-28-24(31)38-14-9-29/h29H,1-22,25H2,(H,28,31)(H2,26,27,30). The first kappa shape index (κ1) is 36.2. The van der Waals surface area contributed by atoms with Gasteiger partial charge in [0.05, 0.1) is 59.5 Å². The molecular formula is C24H50N4O10. The molecule has 0 atom stereocenters. The van der Waals surface area contributed by atoms with Crippen LogP contribution >= 0.6 is 0 Å². The van der Waals surface area contributed by atoms with Gasteiger partial charge in [0.25, 0.3) is 0 Å². The number of urea groups is 1. The Balaban J connectivity index is 3.18. The minimum absolute atomic E-state index is 0.0132. The maximum Gasteiger partial charge on any atom is 0.407 e. The molecule has 14 heteroatoms. The number of nitrogens with one attached hydrogen (secondary N) is 3. The summed E-state index contributed by atoms with van der Waals surface area (Å²) >= 11 is 0. The highest BCUT2D eigenvalue weighted by atomic mass is 16.6. The Morgan fingerprint density at radius 2 is 0.895 bits per heavy atom. The first-order chi connectivity index (χ1) is 18.7. The number of ether oxygens (including phenoxy) is 7. The molecule has 0 aliphatic heterocycles. The predicted molar refractivity (Wildman–Crippen MR) is 140 cm³/mol. The van der Waals surface area contributed by atoms with E-state index in [-0.39, 0.29) is 19.2 Å². The van der Waals surface area contributed by atoms with E-state index >= 15 is 0 Å². The van der Waals surface area contributed by atoms with Gasteiger partial charge >= 0.3 is 12.1 Å². The summed E-state index contributed by atoms with van der Waals surface area (Å²) in [5.41, 5.74) is 5.38. The minimum atomic E-state index is -0.548. The summed E-state index contributed by atoms with van der Waals surface area (Å²) < 4.78 is 37.1. The molecule has 0 fully saturated rings. The average molecular weight is 555 g/mol. The van der Waals surface area contributed by atoms with E-state index in [1.165, 1.54) is 0 Å². The lowest BCUT2D eigenvalue weighted by Crippen LogP contribution is -2.37. The molecular weight excluding hydrogens is 504 g/mol. The summed E-state index contributed by atoms with van der Waals surface area (Å²) in [4.78, 5) is 22.8. The van der Waals surface area contributed by atoms with Gasteiger partial charge in [0.2, 0.25) is 0 Å². The molecule has 0 aromatic rings. The lowest BCUT2D eigenvalue weighted by atomic mass is 10.4. The summed E-state index contributed by atoms with van der Waals surface area (Å²) in [7, 11) is 0. The van der Waals surface area contributed by atoms with E-state index in [9.17, 15) is 9.59 Å². The van der Waals surface area contributed by atoms with Gasteiger partial charge in [-0.25, -0.2) is 9.59 Å². The highest BCUT2D eigenvalue weighted by molar-refractivity contribution is 5.73. The summed E-state index contributed by atoms with van der Waals surface area (Å²) in [6.07, 6.45) is 2.40. The van der Waals surface area contributed by atoms with Crippen molar-refractivity contribution in [2.75, 3.05) is 119 Å². The normalized spacial score (nSPS) is 10.9. The van der Waals surface area contributed by atoms with Crippen LogP contribution in [0.5, 0.6) is 0 Å². The van der Waals surface area contributed by atoms with Crippen LogP contribution in [0.2, 0.25) is 0 Å². The Kier molecular flexibility index (Phi) is 30.0. The molecule has 3 amide bonds. The van der Waals surface area contributed by atoms with Gasteiger partial charge in [0.15, 0.2) is 0 Å². The van der Waals surface area contributed by atoms with Crippen LogP contribution in [0.3, 0.4) is 0 Å². The summed E-state index contributed by atoms with van der Waals surface area (Å²) in [6, 6.07) is -0.205. The molecule has 0 saturated carbocycles. The zero-order valence-corrected chi connectivity index (χ0v) is 22.8. The Labute approximate surface area is 226 Å². The van der Waals surface area contributed by atoms with E-state index < -0.39 is 6.09 Å². The summed E-state index contributed by atoms with van der Waals surface area (Å²) in [6.45, 7) is 8.17. The van der Waals surface area contributed by atoms with Crippen molar-refractivity contribution in [2.24, 2.45) is 5.73 Å². The molecule has 0 heterocycles. The highest BCUT2D eigenvalue weighted by Crippen LogP contribution is 1.88. The fourth-order valence-corrected chi connectivity index (χ4v) is 2.64. The average Bonchev–Trinajstić information content (AvgIpc) is 2.92. The maximum atomic E-state index is 11.7. The SMILES string of the molecule is NCCCOCCOCCOCCCNC(=O)NCCCOCCOCCOCCCNC(=O)OCCO. The molecule has 6 N–H and O–H groups in total. The molecule has 0 aromatic heterocycles. The molecule has 226 valence electrons.